The summed E-state index contributed by atoms with van der Waals surface area (Å²) in [5.41, 5.74) is 1.82. The number of methoxy groups -OCH3 is 1. The second-order valence-corrected chi connectivity index (χ2v) is 7.06. The number of amides is 2. The first-order valence-corrected chi connectivity index (χ1v) is 9.97. The lowest BCUT2D eigenvalue weighted by Crippen LogP contribution is -2.49. The Morgan fingerprint density at radius 2 is 1.63 bits per heavy atom. The fourth-order valence-electron chi connectivity index (χ4n) is 3.39. The second kappa shape index (κ2) is 10.6. The first-order chi connectivity index (χ1) is 14.6. The molecule has 1 saturated heterocycles. The summed E-state index contributed by atoms with van der Waals surface area (Å²) in [6.45, 7) is 4.64. The molecule has 0 aromatic heterocycles. The zero-order valence-corrected chi connectivity index (χ0v) is 17.1. The Kier molecular flexibility index (Phi) is 7.62. The van der Waals surface area contributed by atoms with E-state index in [0.717, 1.165) is 37.4 Å². The van der Waals surface area contributed by atoms with Crippen molar-refractivity contribution >= 4 is 17.5 Å². The zero-order chi connectivity index (χ0) is 21.3. The van der Waals surface area contributed by atoms with Crippen molar-refractivity contribution in [2.45, 2.75) is 6.54 Å². The molecular weight excluding hydrogens is 387 g/mol. The summed E-state index contributed by atoms with van der Waals surface area (Å²) in [7, 11) is 1.56. The van der Waals surface area contributed by atoms with Crippen LogP contribution in [0.3, 0.4) is 0 Å². The number of carbonyl (C=O) groups excluding carboxylic acids is 2. The lowest BCUT2D eigenvalue weighted by atomic mass is 10.2. The van der Waals surface area contributed by atoms with Crippen LogP contribution in [0.4, 0.5) is 10.1 Å². The number of para-hydroxylation sites is 1. The molecule has 8 heteroatoms. The number of hydrogen-bond acceptors (Lipinski definition) is 5. The van der Waals surface area contributed by atoms with Crippen LogP contribution in [0.2, 0.25) is 0 Å². The van der Waals surface area contributed by atoms with Gasteiger partial charge < -0.3 is 20.3 Å². The van der Waals surface area contributed by atoms with Crippen molar-refractivity contribution in [1.29, 1.82) is 0 Å². The average Bonchev–Trinajstić information content (AvgIpc) is 2.78. The molecule has 1 aliphatic rings. The van der Waals surface area contributed by atoms with Gasteiger partial charge in [-0.25, -0.2) is 4.39 Å². The Labute approximate surface area is 175 Å². The Morgan fingerprint density at radius 3 is 2.33 bits per heavy atom. The second-order valence-electron chi connectivity index (χ2n) is 7.06. The van der Waals surface area contributed by atoms with Gasteiger partial charge in [0.1, 0.15) is 11.6 Å². The van der Waals surface area contributed by atoms with Crippen molar-refractivity contribution in [2.24, 2.45) is 0 Å². The summed E-state index contributed by atoms with van der Waals surface area (Å²) in [4.78, 5) is 28.5. The third-order valence-electron chi connectivity index (χ3n) is 5.12. The summed E-state index contributed by atoms with van der Waals surface area (Å²) in [6.07, 6.45) is 0. The van der Waals surface area contributed by atoms with Crippen LogP contribution in [0.1, 0.15) is 5.56 Å². The van der Waals surface area contributed by atoms with Crippen molar-refractivity contribution in [3.8, 4) is 5.75 Å². The monoisotopic (exact) mass is 414 g/mol. The van der Waals surface area contributed by atoms with Crippen LogP contribution >= 0.6 is 0 Å². The van der Waals surface area contributed by atoms with Gasteiger partial charge >= 0.3 is 11.8 Å². The van der Waals surface area contributed by atoms with Gasteiger partial charge in [0.05, 0.1) is 7.11 Å². The number of anilines is 1. The van der Waals surface area contributed by atoms with E-state index in [1.54, 1.807) is 25.3 Å². The highest BCUT2D eigenvalue weighted by molar-refractivity contribution is 6.35. The van der Waals surface area contributed by atoms with Crippen LogP contribution in [0.25, 0.3) is 0 Å². The molecule has 0 aliphatic carbocycles. The Balaban J connectivity index is 1.34. The van der Waals surface area contributed by atoms with Crippen molar-refractivity contribution in [1.82, 2.24) is 15.5 Å². The minimum absolute atomic E-state index is 0.224. The molecule has 30 heavy (non-hydrogen) atoms. The van der Waals surface area contributed by atoms with E-state index in [-0.39, 0.29) is 12.4 Å². The molecule has 1 aliphatic heterocycles. The molecule has 0 atom stereocenters. The smallest absolute Gasteiger partial charge is 0.309 e. The maximum Gasteiger partial charge on any atom is 0.309 e. The third-order valence-corrected chi connectivity index (χ3v) is 5.12. The molecule has 0 unspecified atom stereocenters. The number of benzene rings is 2. The lowest BCUT2D eigenvalue weighted by molar-refractivity contribution is -0.139. The van der Waals surface area contributed by atoms with Crippen molar-refractivity contribution in [2.75, 3.05) is 51.3 Å². The quantitative estimate of drug-likeness (QED) is 0.670. The first kappa shape index (κ1) is 21.6. The van der Waals surface area contributed by atoms with Crippen LogP contribution in [0.5, 0.6) is 5.75 Å². The van der Waals surface area contributed by atoms with Gasteiger partial charge in [-0.2, -0.15) is 0 Å². The predicted octanol–water partition coefficient (Wildman–Crippen LogP) is 1.39. The van der Waals surface area contributed by atoms with E-state index in [9.17, 15) is 14.0 Å². The summed E-state index contributed by atoms with van der Waals surface area (Å²) in [5.74, 6) is -0.880. The molecule has 3 rings (SSSR count). The molecule has 1 heterocycles. The number of carbonyl (C=O) groups is 2. The molecule has 0 bridgehead atoms. The van der Waals surface area contributed by atoms with Crippen LogP contribution in [-0.2, 0) is 16.1 Å². The minimum atomic E-state index is -0.665. The van der Waals surface area contributed by atoms with Gasteiger partial charge in [-0.1, -0.05) is 18.2 Å². The molecule has 2 amide bonds. The molecule has 1 fully saturated rings. The van der Waals surface area contributed by atoms with E-state index in [4.69, 9.17) is 4.74 Å². The van der Waals surface area contributed by atoms with E-state index in [2.05, 4.69) is 20.4 Å². The molecule has 0 radical (unpaired) electrons. The van der Waals surface area contributed by atoms with E-state index in [0.29, 0.717) is 18.8 Å². The molecule has 2 N–H and O–H groups in total. The van der Waals surface area contributed by atoms with Crippen molar-refractivity contribution < 1.29 is 18.7 Å². The normalized spacial score (nSPS) is 14.3. The number of nitrogens with zero attached hydrogens (tertiary/aromatic N) is 2. The van der Waals surface area contributed by atoms with Crippen LogP contribution in [0, 0.1) is 5.82 Å². The fraction of sp³-hybridized carbons (Fsp3) is 0.364. The number of rotatable bonds is 7. The van der Waals surface area contributed by atoms with Crippen LogP contribution in [-0.4, -0.2) is 63.1 Å². The highest BCUT2D eigenvalue weighted by atomic mass is 19.1. The molecule has 160 valence electrons. The number of nitrogens with one attached hydrogen (secondary N) is 2. The van der Waals surface area contributed by atoms with Crippen molar-refractivity contribution in [3.63, 3.8) is 0 Å². The fourth-order valence-corrected chi connectivity index (χ4v) is 3.39. The van der Waals surface area contributed by atoms with E-state index in [1.165, 1.54) is 12.1 Å². The number of ether oxygens (including phenoxy) is 1. The maximum absolute atomic E-state index is 13.1. The number of hydrogen-bond donors (Lipinski definition) is 2. The zero-order valence-electron chi connectivity index (χ0n) is 17.1. The number of piperazine rings is 1. The summed E-state index contributed by atoms with van der Waals surface area (Å²) in [6, 6.07) is 13.8. The number of halogens is 1. The Hall–Kier alpha value is -3.13. The van der Waals surface area contributed by atoms with Gasteiger partial charge in [0.15, 0.2) is 0 Å². The highest BCUT2D eigenvalue weighted by Gasteiger charge is 2.18. The minimum Gasteiger partial charge on any atom is -0.496 e. The van der Waals surface area contributed by atoms with E-state index < -0.39 is 11.8 Å². The maximum atomic E-state index is 13.1. The summed E-state index contributed by atoms with van der Waals surface area (Å²) < 4.78 is 18.3. The van der Waals surface area contributed by atoms with Gasteiger partial charge in [-0.15, -0.1) is 0 Å². The molecule has 0 spiro atoms. The average molecular weight is 414 g/mol. The SMILES string of the molecule is COc1ccccc1CNC(=O)C(=O)NCCN1CCN(c2ccc(F)cc2)CC1. The lowest BCUT2D eigenvalue weighted by Gasteiger charge is -2.36. The standard InChI is InChI=1S/C22H27FN4O3/c1-30-20-5-3-2-4-17(20)16-25-22(29)21(28)24-10-11-26-12-14-27(15-13-26)19-8-6-18(23)7-9-19/h2-9H,10-16H2,1H3,(H,24,28)(H,25,29). The summed E-state index contributed by atoms with van der Waals surface area (Å²) in [5, 5.41) is 5.28. The molecular formula is C22H27FN4O3. The molecule has 2 aromatic carbocycles. The van der Waals surface area contributed by atoms with Gasteiger partial charge in [-0.3, -0.25) is 14.5 Å². The van der Waals surface area contributed by atoms with Gasteiger partial charge in [0.2, 0.25) is 0 Å². The van der Waals surface area contributed by atoms with Crippen LogP contribution in [0.15, 0.2) is 48.5 Å². The largest absolute Gasteiger partial charge is 0.496 e. The van der Waals surface area contributed by atoms with E-state index >= 15 is 0 Å². The van der Waals surface area contributed by atoms with E-state index in [1.807, 2.05) is 18.2 Å². The van der Waals surface area contributed by atoms with Gasteiger partial charge in [0, 0.05) is 57.1 Å². The summed E-state index contributed by atoms with van der Waals surface area (Å²) >= 11 is 0. The molecule has 0 saturated carbocycles. The van der Waals surface area contributed by atoms with Crippen molar-refractivity contribution in [3.05, 3.63) is 59.9 Å². The Morgan fingerprint density at radius 1 is 0.967 bits per heavy atom. The highest BCUT2D eigenvalue weighted by Crippen LogP contribution is 2.17. The topological polar surface area (TPSA) is 73.9 Å². The predicted molar refractivity (Wildman–Crippen MR) is 113 cm³/mol. The first-order valence-electron chi connectivity index (χ1n) is 9.97. The third kappa shape index (κ3) is 5.93. The van der Waals surface area contributed by atoms with Crippen LogP contribution < -0.4 is 20.3 Å². The molecule has 2 aromatic rings. The van der Waals surface area contributed by atoms with Gasteiger partial charge in [-0.05, 0) is 30.3 Å². The molecule has 7 nitrogen and oxygen atoms in total. The Bertz CT molecular complexity index is 852. The van der Waals surface area contributed by atoms with Gasteiger partial charge in [0.25, 0.3) is 0 Å².